The molecule has 0 aliphatic carbocycles. The van der Waals surface area contributed by atoms with Crippen molar-refractivity contribution in [2.75, 3.05) is 0 Å². The third-order valence-corrected chi connectivity index (χ3v) is 3.19. The molecule has 2 heterocycles. The lowest BCUT2D eigenvalue weighted by Gasteiger charge is -2.19. The Balaban J connectivity index is 2.23. The molecule has 1 aromatic rings. The van der Waals surface area contributed by atoms with E-state index in [2.05, 4.69) is 14.9 Å². The van der Waals surface area contributed by atoms with Crippen molar-refractivity contribution in [2.24, 2.45) is 0 Å². The molecule has 0 atom stereocenters. The zero-order valence-electron chi connectivity index (χ0n) is 7.61. The maximum absolute atomic E-state index is 11.1. The number of carbonyl (C=O) groups excluding carboxylic acids is 2. The molecule has 6 heteroatoms. The number of hydrogen-bond acceptors (Lipinski definition) is 5. The van der Waals surface area contributed by atoms with E-state index in [0.717, 1.165) is 10.6 Å². The number of aromatic nitrogens is 2. The highest BCUT2D eigenvalue weighted by molar-refractivity contribution is 7.05. The van der Waals surface area contributed by atoms with Gasteiger partial charge in [0.15, 0.2) is 0 Å². The van der Waals surface area contributed by atoms with Crippen LogP contribution in [0.3, 0.4) is 0 Å². The molecule has 1 aromatic heterocycles. The summed E-state index contributed by atoms with van der Waals surface area (Å²) >= 11 is 1.27. The highest BCUT2D eigenvalue weighted by Gasteiger charge is 2.28. The lowest BCUT2D eigenvalue weighted by atomic mass is 9.94. The molecular weight excluding hydrogens is 202 g/mol. The molecule has 14 heavy (non-hydrogen) atoms. The van der Waals surface area contributed by atoms with Gasteiger partial charge >= 0.3 is 0 Å². The molecule has 74 valence electrons. The number of nitrogens with zero attached hydrogens (tertiary/aromatic N) is 2. The summed E-state index contributed by atoms with van der Waals surface area (Å²) in [4.78, 5) is 23.2. The predicted octanol–water partition coefficient (Wildman–Crippen LogP) is 0.367. The Morgan fingerprint density at radius 3 is 2.50 bits per heavy atom. The molecule has 1 saturated heterocycles. The van der Waals surface area contributed by atoms with E-state index >= 15 is 0 Å². The van der Waals surface area contributed by atoms with E-state index < -0.39 is 0 Å². The van der Waals surface area contributed by atoms with Crippen LogP contribution in [0.4, 0.5) is 0 Å². The summed E-state index contributed by atoms with van der Waals surface area (Å²) in [6.45, 7) is 1.84. The zero-order chi connectivity index (χ0) is 10.1. The normalized spacial score (nSPS) is 18.4. The van der Waals surface area contributed by atoms with Gasteiger partial charge in [-0.2, -0.15) is 0 Å². The molecule has 1 aliphatic rings. The Hall–Kier alpha value is -1.30. The van der Waals surface area contributed by atoms with Gasteiger partial charge in [0.1, 0.15) is 0 Å². The number of aryl methyl sites for hydroxylation is 1. The fourth-order valence-corrected chi connectivity index (χ4v) is 2.31. The number of hydrogen-bond donors (Lipinski definition) is 1. The minimum Gasteiger partial charge on any atom is -0.296 e. The summed E-state index contributed by atoms with van der Waals surface area (Å²) in [6, 6.07) is 0. The monoisotopic (exact) mass is 211 g/mol. The quantitative estimate of drug-likeness (QED) is 0.681. The first-order valence-corrected chi connectivity index (χ1v) is 5.05. The van der Waals surface area contributed by atoms with E-state index in [1.807, 2.05) is 6.92 Å². The Labute approximate surface area is 84.7 Å². The van der Waals surface area contributed by atoms with Crippen LogP contribution < -0.4 is 5.32 Å². The summed E-state index contributed by atoms with van der Waals surface area (Å²) in [6.07, 6.45) is 0.715. The van der Waals surface area contributed by atoms with Gasteiger partial charge < -0.3 is 0 Å². The van der Waals surface area contributed by atoms with Gasteiger partial charge in [0.05, 0.1) is 10.6 Å². The average Bonchev–Trinajstić information content (AvgIpc) is 2.49. The number of rotatable bonds is 1. The van der Waals surface area contributed by atoms with Gasteiger partial charge in [-0.15, -0.1) is 5.10 Å². The van der Waals surface area contributed by atoms with E-state index in [-0.39, 0.29) is 17.7 Å². The van der Waals surface area contributed by atoms with Crippen molar-refractivity contribution in [1.82, 2.24) is 14.9 Å². The van der Waals surface area contributed by atoms with Crippen molar-refractivity contribution < 1.29 is 9.59 Å². The number of piperidine rings is 1. The molecule has 0 radical (unpaired) electrons. The molecule has 0 bridgehead atoms. The van der Waals surface area contributed by atoms with Crippen LogP contribution in [0.2, 0.25) is 0 Å². The Kier molecular flexibility index (Phi) is 2.28. The highest BCUT2D eigenvalue weighted by Crippen LogP contribution is 2.30. The summed E-state index contributed by atoms with van der Waals surface area (Å²) in [5.41, 5.74) is 0.822. The second kappa shape index (κ2) is 3.45. The zero-order valence-corrected chi connectivity index (χ0v) is 8.43. The molecule has 5 nitrogen and oxygen atoms in total. The van der Waals surface area contributed by atoms with Crippen LogP contribution in [-0.2, 0) is 9.59 Å². The van der Waals surface area contributed by atoms with Gasteiger partial charge in [0.2, 0.25) is 11.8 Å². The van der Waals surface area contributed by atoms with Crippen LogP contribution in [0.15, 0.2) is 0 Å². The molecule has 1 aliphatic heterocycles. The lowest BCUT2D eigenvalue weighted by molar-refractivity contribution is -0.133. The highest BCUT2D eigenvalue weighted by atomic mass is 32.1. The first kappa shape index (κ1) is 9.26. The molecule has 0 unspecified atom stereocenters. The summed E-state index contributed by atoms with van der Waals surface area (Å²) in [7, 11) is 0. The van der Waals surface area contributed by atoms with E-state index in [0.29, 0.717) is 12.8 Å². The summed E-state index contributed by atoms with van der Waals surface area (Å²) in [5, 5.41) is 6.14. The number of carbonyl (C=O) groups is 2. The fourth-order valence-electron chi connectivity index (χ4n) is 1.57. The fraction of sp³-hybridized carbons (Fsp3) is 0.500. The molecule has 0 aromatic carbocycles. The SMILES string of the molecule is Cc1nnsc1C1CC(=O)NC(=O)C1. The first-order valence-electron chi connectivity index (χ1n) is 4.28. The molecular formula is C8H9N3O2S. The topological polar surface area (TPSA) is 72.0 Å². The van der Waals surface area contributed by atoms with Crippen LogP contribution in [0.5, 0.6) is 0 Å². The van der Waals surface area contributed by atoms with E-state index in [1.165, 1.54) is 11.5 Å². The second-order valence-corrected chi connectivity index (χ2v) is 4.08. The van der Waals surface area contributed by atoms with Crippen LogP contribution in [0, 0.1) is 6.92 Å². The number of nitrogens with one attached hydrogen (secondary N) is 1. The molecule has 1 N–H and O–H groups in total. The molecule has 2 rings (SSSR count). The van der Waals surface area contributed by atoms with Crippen LogP contribution in [0.1, 0.15) is 29.3 Å². The Morgan fingerprint density at radius 2 is 2.00 bits per heavy atom. The molecule has 0 saturated carbocycles. The number of imide groups is 1. The van der Waals surface area contributed by atoms with Crippen LogP contribution in [-0.4, -0.2) is 21.4 Å². The van der Waals surface area contributed by atoms with Gasteiger partial charge in [-0.05, 0) is 18.5 Å². The van der Waals surface area contributed by atoms with Gasteiger partial charge in [-0.3, -0.25) is 14.9 Å². The maximum Gasteiger partial charge on any atom is 0.227 e. The van der Waals surface area contributed by atoms with Gasteiger partial charge in [0.25, 0.3) is 0 Å². The van der Waals surface area contributed by atoms with Crippen LogP contribution >= 0.6 is 11.5 Å². The van der Waals surface area contributed by atoms with Crippen LogP contribution in [0.25, 0.3) is 0 Å². The third-order valence-electron chi connectivity index (χ3n) is 2.20. The first-order chi connectivity index (χ1) is 6.66. The molecule has 2 amide bonds. The second-order valence-electron chi connectivity index (χ2n) is 3.30. The van der Waals surface area contributed by atoms with Crippen molar-refractivity contribution in [3.8, 4) is 0 Å². The number of amides is 2. The minimum absolute atomic E-state index is 0.0313. The lowest BCUT2D eigenvalue weighted by Crippen LogP contribution is -2.37. The van der Waals surface area contributed by atoms with Crippen molar-refractivity contribution in [3.05, 3.63) is 10.6 Å². The predicted molar refractivity (Wildman–Crippen MR) is 49.8 cm³/mol. The van der Waals surface area contributed by atoms with E-state index in [4.69, 9.17) is 0 Å². The maximum atomic E-state index is 11.1. The standard InChI is InChI=1S/C8H9N3O2S/c1-4-8(14-11-10-4)5-2-6(12)9-7(13)3-5/h5H,2-3H2,1H3,(H,9,12,13). The molecule has 0 spiro atoms. The summed E-state index contributed by atoms with van der Waals surface area (Å²) in [5.74, 6) is -0.450. The van der Waals surface area contributed by atoms with Crippen molar-refractivity contribution in [1.29, 1.82) is 0 Å². The Morgan fingerprint density at radius 1 is 1.36 bits per heavy atom. The van der Waals surface area contributed by atoms with Gasteiger partial charge in [-0.25, -0.2) is 0 Å². The largest absolute Gasteiger partial charge is 0.296 e. The van der Waals surface area contributed by atoms with Gasteiger partial charge in [0, 0.05) is 18.8 Å². The summed E-state index contributed by atoms with van der Waals surface area (Å²) < 4.78 is 3.80. The van der Waals surface area contributed by atoms with Gasteiger partial charge in [-0.1, -0.05) is 4.49 Å². The van der Waals surface area contributed by atoms with Crippen molar-refractivity contribution in [3.63, 3.8) is 0 Å². The average molecular weight is 211 g/mol. The van der Waals surface area contributed by atoms with E-state index in [1.54, 1.807) is 0 Å². The van der Waals surface area contributed by atoms with Crippen molar-refractivity contribution in [2.45, 2.75) is 25.7 Å². The third kappa shape index (κ3) is 1.65. The smallest absolute Gasteiger partial charge is 0.227 e. The molecule has 1 fully saturated rings. The minimum atomic E-state index is -0.209. The Bertz CT molecular complexity index is 372. The van der Waals surface area contributed by atoms with Crippen molar-refractivity contribution >= 4 is 23.3 Å². The van der Waals surface area contributed by atoms with E-state index in [9.17, 15) is 9.59 Å².